The number of unbranched alkanes of at least 4 members (excludes halogenated alkanes) is 2. The van der Waals surface area contributed by atoms with Crippen LogP contribution in [-0.4, -0.2) is 42.3 Å². The van der Waals surface area contributed by atoms with Gasteiger partial charge in [0.15, 0.2) is 0 Å². The van der Waals surface area contributed by atoms with Crippen LogP contribution in [0.5, 0.6) is 0 Å². The van der Waals surface area contributed by atoms with Crippen molar-refractivity contribution in [1.82, 2.24) is 10.6 Å². The van der Waals surface area contributed by atoms with E-state index < -0.39 is 30.4 Å². The first-order chi connectivity index (χ1) is 15.0. The van der Waals surface area contributed by atoms with Gasteiger partial charge in [0, 0.05) is 12.5 Å². The molecular weight excluding hydrogens is 396 g/mol. The minimum atomic E-state index is -1.19. The summed E-state index contributed by atoms with van der Waals surface area (Å²) in [5.41, 5.74) is 4.38. The summed E-state index contributed by atoms with van der Waals surface area (Å²) in [6, 6.07) is 14.8. The molecule has 0 saturated heterocycles. The highest BCUT2D eigenvalue weighted by Gasteiger charge is 2.30. The molecule has 1 unspecified atom stereocenters. The van der Waals surface area contributed by atoms with E-state index in [0.717, 1.165) is 41.5 Å². The van der Waals surface area contributed by atoms with Crippen LogP contribution in [0.4, 0.5) is 4.79 Å². The molecule has 0 aromatic heterocycles. The van der Waals surface area contributed by atoms with E-state index in [-0.39, 0.29) is 12.5 Å². The number of carboxylic acids is 1. The van der Waals surface area contributed by atoms with Crippen LogP contribution in [0, 0.1) is 0 Å². The molecule has 164 valence electrons. The number of carbonyl (C=O) groups excluding carboxylic acids is 2. The minimum absolute atomic E-state index is 0.0950. The molecule has 3 rings (SSSR count). The van der Waals surface area contributed by atoms with Crippen molar-refractivity contribution < 1.29 is 24.2 Å². The van der Waals surface area contributed by atoms with Crippen molar-refractivity contribution in [3.8, 4) is 11.1 Å². The van der Waals surface area contributed by atoms with E-state index in [1.54, 1.807) is 0 Å². The van der Waals surface area contributed by atoms with Gasteiger partial charge in [-0.2, -0.15) is 0 Å². The summed E-state index contributed by atoms with van der Waals surface area (Å²) >= 11 is 0. The molecule has 2 amide bonds. The van der Waals surface area contributed by atoms with Gasteiger partial charge in [-0.1, -0.05) is 68.3 Å². The van der Waals surface area contributed by atoms with E-state index in [2.05, 4.69) is 10.6 Å². The number of ether oxygens (including phenoxy) is 1. The first-order valence-corrected chi connectivity index (χ1v) is 10.6. The van der Waals surface area contributed by atoms with Crippen molar-refractivity contribution in [2.75, 3.05) is 13.2 Å². The number of rotatable bonds is 10. The summed E-state index contributed by atoms with van der Waals surface area (Å²) in [6.07, 6.45) is 1.45. The van der Waals surface area contributed by atoms with Crippen LogP contribution in [-0.2, 0) is 14.3 Å². The first-order valence-electron chi connectivity index (χ1n) is 10.6. The fourth-order valence-electron chi connectivity index (χ4n) is 3.88. The molecule has 2 aromatic rings. The molecule has 0 fully saturated rings. The van der Waals surface area contributed by atoms with Gasteiger partial charge in [-0.05, 0) is 28.7 Å². The number of carboxylic acid groups (broad SMARTS) is 1. The Morgan fingerprint density at radius 3 is 2.19 bits per heavy atom. The number of fused-ring (bicyclic) bond motifs is 3. The van der Waals surface area contributed by atoms with Gasteiger partial charge in [0.05, 0.1) is 6.42 Å². The predicted octanol–water partition coefficient (Wildman–Crippen LogP) is 3.67. The van der Waals surface area contributed by atoms with E-state index in [1.807, 2.05) is 55.5 Å². The number of carbonyl (C=O) groups is 3. The van der Waals surface area contributed by atoms with Gasteiger partial charge in [-0.3, -0.25) is 9.59 Å². The van der Waals surface area contributed by atoms with Crippen LogP contribution >= 0.6 is 0 Å². The number of alkyl carbamates (subject to hydrolysis) is 1. The Balaban J connectivity index is 1.61. The smallest absolute Gasteiger partial charge is 0.407 e. The Labute approximate surface area is 181 Å². The van der Waals surface area contributed by atoms with E-state index in [9.17, 15) is 14.4 Å². The van der Waals surface area contributed by atoms with E-state index in [0.29, 0.717) is 6.54 Å². The molecule has 1 atom stereocenters. The lowest BCUT2D eigenvalue weighted by Gasteiger charge is -2.18. The molecule has 0 bridgehead atoms. The number of hydrogen-bond acceptors (Lipinski definition) is 4. The zero-order valence-corrected chi connectivity index (χ0v) is 17.6. The molecule has 2 aromatic carbocycles. The van der Waals surface area contributed by atoms with Gasteiger partial charge in [-0.25, -0.2) is 4.79 Å². The number of nitrogens with one attached hydrogen (secondary N) is 2. The summed E-state index contributed by atoms with van der Waals surface area (Å²) in [5, 5.41) is 14.2. The second kappa shape index (κ2) is 10.6. The average Bonchev–Trinajstić information content (AvgIpc) is 3.08. The van der Waals surface area contributed by atoms with Gasteiger partial charge in [-0.15, -0.1) is 0 Å². The van der Waals surface area contributed by atoms with Crippen molar-refractivity contribution in [2.24, 2.45) is 0 Å². The van der Waals surface area contributed by atoms with Gasteiger partial charge in [0.25, 0.3) is 0 Å². The van der Waals surface area contributed by atoms with E-state index in [1.165, 1.54) is 0 Å². The second-order valence-electron chi connectivity index (χ2n) is 7.62. The number of benzene rings is 2. The molecule has 0 radical (unpaired) electrons. The lowest BCUT2D eigenvalue weighted by molar-refractivity contribution is -0.139. The maximum atomic E-state index is 12.4. The largest absolute Gasteiger partial charge is 0.481 e. The Kier molecular flexibility index (Phi) is 7.65. The van der Waals surface area contributed by atoms with Crippen molar-refractivity contribution in [2.45, 2.75) is 44.6 Å². The molecular formula is C24H28N2O5. The van der Waals surface area contributed by atoms with Gasteiger partial charge < -0.3 is 20.5 Å². The molecule has 7 nitrogen and oxygen atoms in total. The monoisotopic (exact) mass is 424 g/mol. The predicted molar refractivity (Wildman–Crippen MR) is 117 cm³/mol. The molecule has 7 heteroatoms. The maximum Gasteiger partial charge on any atom is 0.407 e. The fraction of sp³-hybridized carbons (Fsp3) is 0.375. The van der Waals surface area contributed by atoms with Crippen molar-refractivity contribution in [1.29, 1.82) is 0 Å². The molecule has 1 aliphatic carbocycles. The third-order valence-electron chi connectivity index (χ3n) is 5.41. The zero-order valence-electron chi connectivity index (χ0n) is 17.6. The van der Waals surface area contributed by atoms with Crippen LogP contribution in [0.1, 0.15) is 49.7 Å². The SMILES string of the molecule is CCCCCNC(=O)C(CC(=O)O)NC(=O)OCC1c2ccccc2-c2ccccc21. The third kappa shape index (κ3) is 5.63. The van der Waals surface area contributed by atoms with Gasteiger partial charge >= 0.3 is 12.1 Å². The average molecular weight is 424 g/mol. The molecule has 0 aliphatic heterocycles. The topological polar surface area (TPSA) is 105 Å². The van der Waals surface area contributed by atoms with Crippen molar-refractivity contribution >= 4 is 18.0 Å². The Hall–Kier alpha value is -3.35. The molecule has 1 aliphatic rings. The normalized spacial score (nSPS) is 13.1. The van der Waals surface area contributed by atoms with Crippen LogP contribution in [0.15, 0.2) is 48.5 Å². The van der Waals surface area contributed by atoms with Crippen LogP contribution < -0.4 is 10.6 Å². The van der Waals surface area contributed by atoms with Crippen LogP contribution in [0.2, 0.25) is 0 Å². The molecule has 31 heavy (non-hydrogen) atoms. The molecule has 0 heterocycles. The Morgan fingerprint density at radius 2 is 1.61 bits per heavy atom. The number of hydrogen-bond donors (Lipinski definition) is 3. The Bertz CT molecular complexity index is 898. The highest BCUT2D eigenvalue weighted by atomic mass is 16.5. The molecule has 3 N–H and O–H groups in total. The maximum absolute atomic E-state index is 12.4. The van der Waals surface area contributed by atoms with Gasteiger partial charge in [0.1, 0.15) is 12.6 Å². The standard InChI is InChI=1S/C24H28N2O5/c1-2-3-8-13-25-23(29)21(14-22(27)28)26-24(30)31-15-20-18-11-6-4-9-16(18)17-10-5-7-12-19(17)20/h4-7,9-12,20-21H,2-3,8,13-15H2,1H3,(H,25,29)(H,26,30)(H,27,28). The number of aliphatic carboxylic acids is 1. The highest BCUT2D eigenvalue weighted by Crippen LogP contribution is 2.44. The molecule has 0 spiro atoms. The quantitative estimate of drug-likeness (QED) is 0.505. The van der Waals surface area contributed by atoms with E-state index >= 15 is 0 Å². The second-order valence-corrected chi connectivity index (χ2v) is 7.62. The summed E-state index contributed by atoms with van der Waals surface area (Å²) < 4.78 is 5.42. The summed E-state index contributed by atoms with van der Waals surface area (Å²) in [4.78, 5) is 35.9. The first kappa shape index (κ1) is 22.3. The van der Waals surface area contributed by atoms with Crippen LogP contribution in [0.25, 0.3) is 11.1 Å². The van der Waals surface area contributed by atoms with Crippen LogP contribution in [0.3, 0.4) is 0 Å². The van der Waals surface area contributed by atoms with Gasteiger partial charge in [0.2, 0.25) is 5.91 Å². The lowest BCUT2D eigenvalue weighted by Crippen LogP contribution is -2.48. The zero-order chi connectivity index (χ0) is 22.2. The summed E-state index contributed by atoms with van der Waals surface area (Å²) in [7, 11) is 0. The number of amides is 2. The van der Waals surface area contributed by atoms with Crippen molar-refractivity contribution in [3.05, 3.63) is 59.7 Å². The third-order valence-corrected chi connectivity index (χ3v) is 5.41. The lowest BCUT2D eigenvalue weighted by atomic mass is 9.98. The fourth-order valence-corrected chi connectivity index (χ4v) is 3.88. The summed E-state index contributed by atoms with van der Waals surface area (Å²) in [6.45, 7) is 2.58. The highest BCUT2D eigenvalue weighted by molar-refractivity contribution is 5.89. The van der Waals surface area contributed by atoms with E-state index in [4.69, 9.17) is 9.84 Å². The summed E-state index contributed by atoms with van der Waals surface area (Å²) in [5.74, 6) is -1.81. The van der Waals surface area contributed by atoms with Crippen molar-refractivity contribution in [3.63, 3.8) is 0 Å². The Morgan fingerprint density at radius 1 is 1.00 bits per heavy atom. The minimum Gasteiger partial charge on any atom is -0.481 e. The molecule has 0 saturated carbocycles.